The predicted octanol–water partition coefficient (Wildman–Crippen LogP) is 3.95. The first-order valence-corrected chi connectivity index (χ1v) is 8.95. The van der Waals surface area contributed by atoms with Crippen molar-refractivity contribution in [1.29, 1.82) is 0 Å². The number of nitro groups is 2. The highest BCUT2D eigenvalue weighted by molar-refractivity contribution is 6.33. The van der Waals surface area contributed by atoms with E-state index in [0.717, 1.165) is 0 Å². The van der Waals surface area contributed by atoms with Gasteiger partial charge in [-0.25, -0.2) is 5.43 Å². The number of halogens is 1. The molecule has 0 spiro atoms. The summed E-state index contributed by atoms with van der Waals surface area (Å²) in [6, 6.07) is 12.8. The van der Waals surface area contributed by atoms with Crippen LogP contribution in [0.3, 0.4) is 0 Å². The standard InChI is InChI=1S/C19H13ClN4O7/c20-15-9-12(23(26)27)5-7-14(15)17-8-6-13(31-17)10-21-22-19(25)11-30-18-4-2-1-3-16(18)24(28)29/h1-10H,11H2,(H,22,25)/b21-10+. The predicted molar refractivity (Wildman–Crippen MR) is 110 cm³/mol. The molecule has 0 aliphatic carbocycles. The third kappa shape index (κ3) is 5.42. The number of carbonyl (C=O) groups excluding carboxylic acids is 1. The molecule has 3 aromatic rings. The van der Waals surface area contributed by atoms with E-state index in [1.165, 1.54) is 42.6 Å². The lowest BCUT2D eigenvalue weighted by molar-refractivity contribution is -0.385. The summed E-state index contributed by atoms with van der Waals surface area (Å²) < 4.78 is 10.7. The molecule has 0 aliphatic rings. The Bertz CT molecular complexity index is 1180. The van der Waals surface area contributed by atoms with Crippen LogP contribution in [0, 0.1) is 20.2 Å². The fourth-order valence-electron chi connectivity index (χ4n) is 2.46. The van der Waals surface area contributed by atoms with Gasteiger partial charge in [-0.05, 0) is 24.3 Å². The van der Waals surface area contributed by atoms with Gasteiger partial charge in [0.15, 0.2) is 12.4 Å². The molecule has 1 amide bonds. The molecule has 12 heteroatoms. The van der Waals surface area contributed by atoms with E-state index in [4.69, 9.17) is 20.8 Å². The van der Waals surface area contributed by atoms with Crippen LogP contribution in [-0.4, -0.2) is 28.6 Å². The smallest absolute Gasteiger partial charge is 0.310 e. The van der Waals surface area contributed by atoms with Crippen molar-refractivity contribution in [2.24, 2.45) is 5.10 Å². The Morgan fingerprint density at radius 3 is 2.61 bits per heavy atom. The van der Waals surface area contributed by atoms with Crippen LogP contribution in [0.4, 0.5) is 11.4 Å². The van der Waals surface area contributed by atoms with Crippen LogP contribution in [0.5, 0.6) is 5.75 Å². The van der Waals surface area contributed by atoms with Gasteiger partial charge in [0, 0.05) is 23.8 Å². The van der Waals surface area contributed by atoms with E-state index >= 15 is 0 Å². The molecule has 0 saturated carbocycles. The zero-order chi connectivity index (χ0) is 22.4. The van der Waals surface area contributed by atoms with Crippen molar-refractivity contribution < 1.29 is 23.8 Å². The number of ether oxygens (including phenoxy) is 1. The Labute approximate surface area is 179 Å². The Morgan fingerprint density at radius 1 is 1.13 bits per heavy atom. The van der Waals surface area contributed by atoms with E-state index in [1.54, 1.807) is 18.2 Å². The molecule has 0 radical (unpaired) electrons. The van der Waals surface area contributed by atoms with Gasteiger partial charge in [-0.3, -0.25) is 25.0 Å². The Morgan fingerprint density at radius 2 is 1.90 bits per heavy atom. The second-order valence-corrected chi connectivity index (χ2v) is 6.34. The molecule has 0 saturated heterocycles. The molecule has 3 rings (SSSR count). The first-order chi connectivity index (χ1) is 14.8. The third-order valence-corrected chi connectivity index (χ3v) is 4.17. The van der Waals surface area contributed by atoms with Gasteiger partial charge in [0.25, 0.3) is 11.6 Å². The van der Waals surface area contributed by atoms with Crippen molar-refractivity contribution in [1.82, 2.24) is 5.43 Å². The number of rotatable bonds is 8. The average molecular weight is 445 g/mol. The summed E-state index contributed by atoms with van der Waals surface area (Å²) in [5.41, 5.74) is 2.25. The Hall–Kier alpha value is -4.25. The number of benzene rings is 2. The number of carbonyl (C=O) groups is 1. The molecule has 11 nitrogen and oxygen atoms in total. The van der Waals surface area contributed by atoms with Crippen molar-refractivity contribution >= 4 is 35.1 Å². The average Bonchev–Trinajstić information content (AvgIpc) is 3.20. The molecule has 0 aliphatic heterocycles. The molecular formula is C19H13ClN4O7. The van der Waals surface area contributed by atoms with Crippen LogP contribution in [0.2, 0.25) is 5.02 Å². The van der Waals surface area contributed by atoms with Gasteiger partial charge >= 0.3 is 5.69 Å². The van der Waals surface area contributed by atoms with Crippen LogP contribution >= 0.6 is 11.6 Å². The van der Waals surface area contributed by atoms with Crippen molar-refractivity contribution in [2.45, 2.75) is 0 Å². The summed E-state index contributed by atoms with van der Waals surface area (Å²) in [4.78, 5) is 32.4. The lowest BCUT2D eigenvalue weighted by Crippen LogP contribution is -2.24. The molecule has 0 atom stereocenters. The highest BCUT2D eigenvalue weighted by atomic mass is 35.5. The molecule has 0 unspecified atom stereocenters. The number of hydrazone groups is 1. The van der Waals surface area contributed by atoms with Crippen LogP contribution in [-0.2, 0) is 4.79 Å². The second kappa shape index (κ2) is 9.50. The van der Waals surface area contributed by atoms with E-state index in [2.05, 4.69) is 10.5 Å². The van der Waals surface area contributed by atoms with E-state index in [0.29, 0.717) is 11.3 Å². The minimum Gasteiger partial charge on any atom is -0.477 e. The zero-order valence-electron chi connectivity index (χ0n) is 15.6. The van der Waals surface area contributed by atoms with Crippen LogP contribution in [0.25, 0.3) is 11.3 Å². The largest absolute Gasteiger partial charge is 0.477 e. The van der Waals surface area contributed by atoms with Crippen molar-refractivity contribution in [3.8, 4) is 17.1 Å². The number of nitro benzene ring substituents is 2. The monoisotopic (exact) mass is 444 g/mol. The SMILES string of the molecule is O=C(COc1ccccc1[N+](=O)[O-])N/N=C/c1ccc(-c2ccc([N+](=O)[O-])cc2Cl)o1. The van der Waals surface area contributed by atoms with Gasteiger partial charge in [0.2, 0.25) is 0 Å². The summed E-state index contributed by atoms with van der Waals surface area (Å²) in [5, 5.41) is 25.6. The molecule has 0 fully saturated rings. The molecule has 158 valence electrons. The van der Waals surface area contributed by atoms with E-state index in [1.807, 2.05) is 0 Å². The minimum atomic E-state index is -0.639. The summed E-state index contributed by atoms with van der Waals surface area (Å²) >= 11 is 6.07. The lowest BCUT2D eigenvalue weighted by Gasteiger charge is -2.05. The highest BCUT2D eigenvalue weighted by Crippen LogP contribution is 2.32. The van der Waals surface area contributed by atoms with E-state index in [9.17, 15) is 25.0 Å². The Kier molecular flexibility index (Phi) is 6.58. The van der Waals surface area contributed by atoms with Crippen LogP contribution in [0.15, 0.2) is 64.1 Å². The third-order valence-electron chi connectivity index (χ3n) is 3.86. The first-order valence-electron chi connectivity index (χ1n) is 8.57. The molecule has 31 heavy (non-hydrogen) atoms. The zero-order valence-corrected chi connectivity index (χ0v) is 16.3. The topological polar surface area (TPSA) is 150 Å². The van der Waals surface area contributed by atoms with Crippen molar-refractivity contribution in [2.75, 3.05) is 6.61 Å². The van der Waals surface area contributed by atoms with Gasteiger partial charge in [-0.1, -0.05) is 23.7 Å². The number of amides is 1. The number of nitrogens with zero attached hydrogens (tertiary/aromatic N) is 3. The fourth-order valence-corrected chi connectivity index (χ4v) is 2.73. The normalized spacial score (nSPS) is 10.7. The first kappa shape index (κ1) is 21.5. The second-order valence-electron chi connectivity index (χ2n) is 5.93. The van der Waals surface area contributed by atoms with Gasteiger partial charge in [-0.15, -0.1) is 0 Å². The van der Waals surface area contributed by atoms with Crippen LogP contribution in [0.1, 0.15) is 5.76 Å². The van der Waals surface area contributed by atoms with Crippen molar-refractivity contribution in [3.63, 3.8) is 0 Å². The van der Waals surface area contributed by atoms with E-state index < -0.39 is 22.4 Å². The summed E-state index contributed by atoms with van der Waals surface area (Å²) in [6.07, 6.45) is 1.23. The van der Waals surface area contributed by atoms with Crippen LogP contribution < -0.4 is 10.2 Å². The molecule has 0 bridgehead atoms. The van der Waals surface area contributed by atoms with Gasteiger partial charge in [-0.2, -0.15) is 5.10 Å². The van der Waals surface area contributed by atoms with Crippen molar-refractivity contribution in [3.05, 3.63) is 85.6 Å². The van der Waals surface area contributed by atoms with Gasteiger partial charge in [0.1, 0.15) is 11.5 Å². The van der Waals surface area contributed by atoms with Gasteiger partial charge < -0.3 is 9.15 Å². The number of furan rings is 1. The summed E-state index contributed by atoms with van der Waals surface area (Å²) in [6.45, 7) is -0.482. The maximum Gasteiger partial charge on any atom is 0.310 e. The maximum atomic E-state index is 11.8. The summed E-state index contributed by atoms with van der Waals surface area (Å²) in [5.74, 6) is -0.0430. The number of para-hydroxylation sites is 2. The van der Waals surface area contributed by atoms with E-state index in [-0.39, 0.29) is 27.9 Å². The quantitative estimate of drug-likeness (QED) is 0.314. The number of nitrogens with one attached hydrogen (secondary N) is 1. The molecule has 2 aromatic carbocycles. The maximum absolute atomic E-state index is 11.8. The summed E-state index contributed by atoms with van der Waals surface area (Å²) in [7, 11) is 0. The fraction of sp³-hybridized carbons (Fsp3) is 0.0526. The Balaban J connectivity index is 1.58. The number of hydrogen-bond donors (Lipinski definition) is 1. The number of hydrogen-bond acceptors (Lipinski definition) is 8. The lowest BCUT2D eigenvalue weighted by atomic mass is 10.1. The van der Waals surface area contributed by atoms with Gasteiger partial charge in [0.05, 0.1) is 21.1 Å². The minimum absolute atomic E-state index is 0.0396. The highest BCUT2D eigenvalue weighted by Gasteiger charge is 2.15. The number of non-ortho nitro benzene ring substituents is 1. The molecule has 1 heterocycles. The molecular weight excluding hydrogens is 432 g/mol. The molecule has 1 aromatic heterocycles. The molecule has 1 N–H and O–H groups in total.